The van der Waals surface area contributed by atoms with E-state index in [1.165, 1.54) is 25.7 Å². The summed E-state index contributed by atoms with van der Waals surface area (Å²) in [6, 6.07) is 0. The SMILES string of the molecule is Br.Br.C=CCN=C(N)SCCCCCCSC(N)=NCC=C. The molecule has 0 unspecified atom stereocenters. The molecule has 0 atom stereocenters. The lowest BCUT2D eigenvalue weighted by atomic mass is 10.2. The second-order valence-electron chi connectivity index (χ2n) is 4.05. The highest BCUT2D eigenvalue weighted by atomic mass is 79.9. The summed E-state index contributed by atoms with van der Waals surface area (Å²) in [5, 5.41) is 1.32. The zero-order valence-electron chi connectivity index (χ0n) is 12.9. The first-order chi connectivity index (χ1) is 9.70. The Morgan fingerprint density at radius 1 is 0.773 bits per heavy atom. The van der Waals surface area contributed by atoms with E-state index in [1.54, 1.807) is 35.7 Å². The van der Waals surface area contributed by atoms with Gasteiger partial charge in [-0.25, -0.2) is 0 Å². The van der Waals surface area contributed by atoms with Gasteiger partial charge in [0.1, 0.15) is 0 Å². The van der Waals surface area contributed by atoms with Crippen LogP contribution in [0.4, 0.5) is 0 Å². The molecule has 0 rings (SSSR count). The van der Waals surface area contributed by atoms with Crippen LogP contribution < -0.4 is 11.5 Å². The molecule has 0 radical (unpaired) electrons. The number of thioether (sulfide) groups is 2. The summed E-state index contributed by atoms with van der Waals surface area (Å²) in [6.07, 6.45) is 8.25. The summed E-state index contributed by atoms with van der Waals surface area (Å²) in [4.78, 5) is 8.27. The molecule has 0 aromatic rings. The predicted octanol–water partition coefficient (Wildman–Crippen LogP) is 4.17. The molecule has 4 nitrogen and oxygen atoms in total. The first kappa shape index (κ1) is 27.0. The van der Waals surface area contributed by atoms with Crippen LogP contribution in [0.5, 0.6) is 0 Å². The molecule has 0 heterocycles. The fraction of sp³-hybridized carbons (Fsp3) is 0.571. The van der Waals surface area contributed by atoms with Crippen molar-refractivity contribution in [2.75, 3.05) is 24.6 Å². The lowest BCUT2D eigenvalue weighted by Crippen LogP contribution is -2.08. The van der Waals surface area contributed by atoms with Crippen molar-refractivity contribution in [2.24, 2.45) is 21.5 Å². The van der Waals surface area contributed by atoms with Gasteiger partial charge < -0.3 is 11.5 Å². The number of amidine groups is 2. The molecule has 4 N–H and O–H groups in total. The Labute approximate surface area is 164 Å². The summed E-state index contributed by atoms with van der Waals surface area (Å²) in [5.74, 6) is 2.06. The minimum Gasteiger partial charge on any atom is -0.379 e. The van der Waals surface area contributed by atoms with E-state index < -0.39 is 0 Å². The maximum atomic E-state index is 5.72. The van der Waals surface area contributed by atoms with Crippen LogP contribution >= 0.6 is 57.5 Å². The summed E-state index contributed by atoms with van der Waals surface area (Å²) >= 11 is 3.24. The summed E-state index contributed by atoms with van der Waals surface area (Å²) < 4.78 is 0. The monoisotopic (exact) mass is 474 g/mol. The van der Waals surface area contributed by atoms with Gasteiger partial charge in [-0.05, 0) is 12.8 Å². The van der Waals surface area contributed by atoms with Gasteiger partial charge in [-0.2, -0.15) is 0 Å². The average Bonchev–Trinajstić information content (AvgIpc) is 2.45. The zero-order chi connectivity index (χ0) is 15.1. The molecule has 130 valence electrons. The van der Waals surface area contributed by atoms with Gasteiger partial charge in [-0.1, -0.05) is 48.5 Å². The van der Waals surface area contributed by atoms with Gasteiger partial charge in [-0.15, -0.1) is 47.1 Å². The van der Waals surface area contributed by atoms with Crippen molar-refractivity contribution in [2.45, 2.75) is 25.7 Å². The number of aliphatic imine (C=N–C) groups is 2. The number of rotatable bonds is 11. The summed E-state index contributed by atoms with van der Waals surface area (Å²) in [7, 11) is 0. The van der Waals surface area contributed by atoms with Crippen LogP contribution in [0.1, 0.15) is 25.7 Å². The second kappa shape index (κ2) is 21.1. The molecule has 0 saturated carbocycles. The Morgan fingerprint density at radius 3 is 1.45 bits per heavy atom. The third-order valence-corrected chi connectivity index (χ3v) is 4.13. The second-order valence-corrected chi connectivity index (χ2v) is 6.28. The molecule has 0 fully saturated rings. The van der Waals surface area contributed by atoms with E-state index in [1.807, 2.05) is 0 Å². The standard InChI is InChI=1S/C14H26N4S2.2BrH/c1-3-9-17-13(15)19-11-7-5-6-8-12-20-14(16)18-10-4-2;;/h3-4H,1-2,5-12H2,(H2,15,17)(H2,16,18);2*1H. The van der Waals surface area contributed by atoms with Crippen molar-refractivity contribution in [1.82, 2.24) is 0 Å². The quantitative estimate of drug-likeness (QED) is 0.203. The van der Waals surface area contributed by atoms with Crippen LogP contribution in [-0.2, 0) is 0 Å². The minimum atomic E-state index is 0. The smallest absolute Gasteiger partial charge is 0.154 e. The van der Waals surface area contributed by atoms with Crippen molar-refractivity contribution in [1.29, 1.82) is 0 Å². The predicted molar refractivity (Wildman–Crippen MR) is 117 cm³/mol. The lowest BCUT2D eigenvalue weighted by molar-refractivity contribution is 0.712. The van der Waals surface area contributed by atoms with Crippen molar-refractivity contribution >= 4 is 67.8 Å². The Balaban J connectivity index is -0.00000180. The minimum absolute atomic E-state index is 0. The largest absolute Gasteiger partial charge is 0.379 e. The number of hydrogen-bond donors (Lipinski definition) is 2. The molecule has 8 heteroatoms. The van der Waals surface area contributed by atoms with Crippen LogP contribution in [0.3, 0.4) is 0 Å². The fourth-order valence-corrected chi connectivity index (χ4v) is 2.76. The third-order valence-electron chi connectivity index (χ3n) is 2.29. The van der Waals surface area contributed by atoms with Crippen molar-refractivity contribution in [3.05, 3.63) is 25.3 Å². The van der Waals surface area contributed by atoms with E-state index in [0.29, 0.717) is 23.4 Å². The highest BCUT2D eigenvalue weighted by Crippen LogP contribution is 2.10. The molecule has 0 aromatic heterocycles. The van der Waals surface area contributed by atoms with Gasteiger partial charge >= 0.3 is 0 Å². The first-order valence-corrected chi connectivity index (χ1v) is 8.75. The molecule has 22 heavy (non-hydrogen) atoms. The topological polar surface area (TPSA) is 76.8 Å². The Hall–Kier alpha value is 0.0800. The van der Waals surface area contributed by atoms with Gasteiger partial charge in [0.2, 0.25) is 0 Å². The molecule has 0 aliphatic rings. The maximum Gasteiger partial charge on any atom is 0.154 e. The van der Waals surface area contributed by atoms with Crippen LogP contribution in [-0.4, -0.2) is 34.9 Å². The Kier molecular flexibility index (Phi) is 25.8. The molecule has 0 aromatic carbocycles. The van der Waals surface area contributed by atoms with Crippen molar-refractivity contribution in [3.8, 4) is 0 Å². The molecular formula is C14H28Br2N4S2. The van der Waals surface area contributed by atoms with Crippen molar-refractivity contribution < 1.29 is 0 Å². The summed E-state index contributed by atoms with van der Waals surface area (Å²) in [6.45, 7) is 8.41. The number of halogens is 2. The molecular weight excluding hydrogens is 448 g/mol. The first-order valence-electron chi connectivity index (χ1n) is 6.78. The number of nitrogens with two attached hydrogens (primary N) is 2. The van der Waals surface area contributed by atoms with Crippen LogP contribution in [0, 0.1) is 0 Å². The van der Waals surface area contributed by atoms with E-state index >= 15 is 0 Å². The van der Waals surface area contributed by atoms with Gasteiger partial charge in [0.05, 0.1) is 13.1 Å². The maximum absolute atomic E-state index is 5.72. The number of nitrogens with zero attached hydrogens (tertiary/aromatic N) is 2. The number of unbranched alkanes of at least 4 members (excludes halogenated alkanes) is 3. The van der Waals surface area contributed by atoms with Gasteiger partial charge in [0, 0.05) is 11.5 Å². The Morgan fingerprint density at radius 2 is 1.14 bits per heavy atom. The molecule has 0 aliphatic heterocycles. The van der Waals surface area contributed by atoms with Crippen molar-refractivity contribution in [3.63, 3.8) is 0 Å². The zero-order valence-corrected chi connectivity index (χ0v) is 18.0. The number of hydrogen-bond acceptors (Lipinski definition) is 4. The summed E-state index contributed by atoms with van der Waals surface area (Å²) in [5.41, 5.74) is 11.4. The molecule has 0 spiro atoms. The molecule has 0 saturated heterocycles. The van der Waals surface area contributed by atoms with E-state index in [9.17, 15) is 0 Å². The van der Waals surface area contributed by atoms with Gasteiger partial charge in [-0.3, -0.25) is 9.98 Å². The molecule has 0 aliphatic carbocycles. The fourth-order valence-electron chi connectivity index (χ4n) is 1.31. The highest BCUT2D eigenvalue weighted by molar-refractivity contribution is 8.93. The van der Waals surface area contributed by atoms with Crippen LogP contribution in [0.15, 0.2) is 35.3 Å². The van der Waals surface area contributed by atoms with Gasteiger partial charge in [0.25, 0.3) is 0 Å². The van der Waals surface area contributed by atoms with E-state index in [2.05, 4.69) is 23.1 Å². The third kappa shape index (κ3) is 20.1. The normalized spacial score (nSPS) is 11.3. The Bertz CT molecular complexity index is 305. The average molecular weight is 476 g/mol. The van der Waals surface area contributed by atoms with E-state index in [4.69, 9.17) is 11.5 Å². The lowest BCUT2D eigenvalue weighted by Gasteiger charge is -2.02. The van der Waals surface area contributed by atoms with Crippen LogP contribution in [0.25, 0.3) is 0 Å². The molecule has 0 bridgehead atoms. The van der Waals surface area contributed by atoms with E-state index in [0.717, 1.165) is 11.5 Å². The highest BCUT2D eigenvalue weighted by Gasteiger charge is 1.96. The van der Waals surface area contributed by atoms with E-state index in [-0.39, 0.29) is 34.0 Å². The van der Waals surface area contributed by atoms with Crippen LogP contribution in [0.2, 0.25) is 0 Å². The van der Waals surface area contributed by atoms with Gasteiger partial charge in [0.15, 0.2) is 10.3 Å². The molecule has 0 amide bonds.